The lowest BCUT2D eigenvalue weighted by Gasteiger charge is -2.27. The number of hydrogen-bond acceptors (Lipinski definition) is 10. The van der Waals surface area contributed by atoms with E-state index in [0.717, 1.165) is 47.5 Å². The van der Waals surface area contributed by atoms with Gasteiger partial charge in [0.15, 0.2) is 17.4 Å². The van der Waals surface area contributed by atoms with Crippen molar-refractivity contribution in [3.05, 3.63) is 135 Å². The van der Waals surface area contributed by atoms with E-state index < -0.39 is 41.8 Å². The Kier molecular flexibility index (Phi) is 17.3. The number of aromatic amines is 2. The number of thioether (sulfide) groups is 1. The lowest BCUT2D eigenvalue weighted by molar-refractivity contribution is -0.165. The van der Waals surface area contributed by atoms with Crippen LogP contribution in [0.25, 0.3) is 11.1 Å². The summed E-state index contributed by atoms with van der Waals surface area (Å²) in [4.78, 5) is 59.0. The number of halogens is 4. The molecule has 0 aliphatic heterocycles. The Balaban J connectivity index is 0.000000727. The first-order chi connectivity index (χ1) is 28.9. The molecule has 0 saturated heterocycles. The van der Waals surface area contributed by atoms with Crippen LogP contribution in [-0.4, -0.2) is 107 Å². The van der Waals surface area contributed by atoms with Gasteiger partial charge in [-0.2, -0.15) is 18.3 Å². The van der Waals surface area contributed by atoms with Gasteiger partial charge in [0.1, 0.15) is 5.82 Å². The highest BCUT2D eigenvalue weighted by Gasteiger charge is 2.31. The number of aromatic nitrogens is 4. The van der Waals surface area contributed by atoms with E-state index in [1.165, 1.54) is 36.0 Å². The minimum atomic E-state index is -4.41. The molecule has 326 valence electrons. The fourth-order valence-electron chi connectivity index (χ4n) is 6.05. The molecule has 14 nitrogen and oxygen atoms in total. The Morgan fingerprint density at radius 3 is 1.90 bits per heavy atom. The number of benzene rings is 3. The molecule has 1 amide bonds. The number of nitrogens with zero attached hydrogens (tertiary/aromatic N) is 4. The number of likely N-dealkylation sites (N-methyl/N-ethyl adjacent to an activating group) is 1. The Morgan fingerprint density at radius 2 is 1.39 bits per heavy atom. The zero-order valence-corrected chi connectivity index (χ0v) is 34.2. The quantitative estimate of drug-likeness (QED) is 0.0364. The number of aliphatic hydroxyl groups excluding tert-OH is 2. The summed E-state index contributed by atoms with van der Waals surface area (Å²) in [6.07, 6.45) is -5.72. The topological polar surface area (TPSA) is 213 Å². The summed E-state index contributed by atoms with van der Waals surface area (Å²) in [6.45, 7) is 8.98. The molecular weight excluding hydrogens is 825 g/mol. The second-order valence-electron chi connectivity index (χ2n) is 13.8. The highest BCUT2D eigenvalue weighted by Crippen LogP contribution is 2.31. The first-order valence-corrected chi connectivity index (χ1v) is 20.0. The van der Waals surface area contributed by atoms with Crippen LogP contribution < -0.4 is 5.56 Å². The normalized spacial score (nSPS) is 12.9. The molecule has 0 fully saturated rings. The van der Waals surface area contributed by atoms with Crippen LogP contribution in [0.2, 0.25) is 0 Å². The molecule has 5 aromatic rings. The van der Waals surface area contributed by atoms with Crippen LogP contribution in [0.4, 0.5) is 17.6 Å². The third kappa shape index (κ3) is 13.8. The lowest BCUT2D eigenvalue weighted by Crippen LogP contribution is -2.39. The van der Waals surface area contributed by atoms with Gasteiger partial charge in [-0.3, -0.25) is 14.7 Å². The molecule has 3 unspecified atom stereocenters. The lowest BCUT2D eigenvalue weighted by atomic mass is 9.94. The van der Waals surface area contributed by atoms with Crippen LogP contribution in [0.15, 0.2) is 95.1 Å². The number of carbonyl (C=O) groups is 3. The van der Waals surface area contributed by atoms with Gasteiger partial charge in [0, 0.05) is 43.1 Å². The number of aliphatic carboxylic acids is 2. The maximum Gasteiger partial charge on any atom is 0.416 e. The van der Waals surface area contributed by atoms with Crippen LogP contribution in [0.3, 0.4) is 0 Å². The SMILES string of the molecule is CCN(CC)CCN(Cc1ccc(-c2ccc(C(F)(F)F)cc2)cc1)C(=O)Cc1nc(SCc2ccc(F)cc2)[nH]c(=O)c1C(C)c1cn[nH]c1.O=C(O)C(O)C(O)C(=O)O. The van der Waals surface area contributed by atoms with Crippen molar-refractivity contribution in [1.29, 1.82) is 0 Å². The average Bonchev–Trinajstić information content (AvgIpc) is 3.78. The molecule has 0 saturated carbocycles. The molecule has 0 aliphatic rings. The van der Waals surface area contributed by atoms with E-state index in [2.05, 4.69) is 33.9 Å². The standard InChI is InChI=1S/C38H40F4N6O2S.C4H6O6/c1-4-47(5-2)18-19-48(23-26-6-10-28(11-7-26)29-12-14-31(15-13-29)38(40,41)42)34(49)20-33-35(25(3)30-21-43-44-22-30)36(50)46-37(45-33)51-24-27-8-16-32(39)17-9-27;5-1(3(7)8)2(6)4(9)10/h6-17,21-22,25H,4-5,18-20,23-24H2,1-3H3,(H,43,44)(H,45,46,50);1-2,5-6H,(H,7,8)(H,9,10). The van der Waals surface area contributed by atoms with E-state index in [9.17, 15) is 36.7 Å². The number of amides is 1. The molecule has 19 heteroatoms. The number of alkyl halides is 3. The first-order valence-electron chi connectivity index (χ1n) is 19.0. The van der Waals surface area contributed by atoms with Gasteiger partial charge in [-0.25, -0.2) is 19.0 Å². The summed E-state index contributed by atoms with van der Waals surface area (Å²) in [5, 5.41) is 39.7. The average molecular weight is 871 g/mol. The van der Waals surface area contributed by atoms with Gasteiger partial charge >= 0.3 is 18.1 Å². The van der Waals surface area contributed by atoms with Gasteiger partial charge in [0.25, 0.3) is 5.56 Å². The number of nitrogens with one attached hydrogen (secondary N) is 2. The molecule has 6 N–H and O–H groups in total. The fraction of sp³-hybridized carbons (Fsp3) is 0.333. The second kappa shape index (κ2) is 22.1. The van der Waals surface area contributed by atoms with Crippen molar-refractivity contribution < 1.29 is 52.4 Å². The molecule has 0 aliphatic carbocycles. The summed E-state index contributed by atoms with van der Waals surface area (Å²) in [7, 11) is 0. The van der Waals surface area contributed by atoms with Gasteiger partial charge in [0.05, 0.1) is 23.9 Å². The molecule has 61 heavy (non-hydrogen) atoms. The van der Waals surface area contributed by atoms with Crippen LogP contribution in [-0.2, 0) is 39.3 Å². The number of carbonyl (C=O) groups excluding carboxylic acids is 1. The molecule has 0 radical (unpaired) electrons. The molecule has 0 bridgehead atoms. The van der Waals surface area contributed by atoms with Crippen LogP contribution in [0.1, 0.15) is 60.2 Å². The van der Waals surface area contributed by atoms with E-state index in [4.69, 9.17) is 25.4 Å². The van der Waals surface area contributed by atoms with E-state index >= 15 is 0 Å². The minimum Gasteiger partial charge on any atom is -0.479 e. The van der Waals surface area contributed by atoms with Crippen molar-refractivity contribution in [2.75, 3.05) is 26.2 Å². The van der Waals surface area contributed by atoms with Crippen molar-refractivity contribution in [2.24, 2.45) is 0 Å². The van der Waals surface area contributed by atoms with Crippen LogP contribution in [0, 0.1) is 5.82 Å². The van der Waals surface area contributed by atoms with E-state index in [1.54, 1.807) is 29.4 Å². The monoisotopic (exact) mass is 870 g/mol. The summed E-state index contributed by atoms with van der Waals surface area (Å²) in [6, 6.07) is 18.5. The summed E-state index contributed by atoms with van der Waals surface area (Å²) in [5.74, 6) is -4.05. The Labute approximate surface area is 352 Å². The van der Waals surface area contributed by atoms with Crippen molar-refractivity contribution in [3.63, 3.8) is 0 Å². The number of H-pyrrole nitrogens is 2. The van der Waals surface area contributed by atoms with Crippen LogP contribution in [0.5, 0.6) is 0 Å². The van der Waals surface area contributed by atoms with E-state index in [-0.39, 0.29) is 30.2 Å². The number of carboxylic acids is 2. The van der Waals surface area contributed by atoms with Crippen molar-refractivity contribution in [3.8, 4) is 11.1 Å². The maximum absolute atomic E-state index is 14.2. The fourth-order valence-corrected chi connectivity index (χ4v) is 6.88. The molecule has 2 aromatic heterocycles. The van der Waals surface area contributed by atoms with E-state index in [0.29, 0.717) is 40.8 Å². The molecule has 0 spiro atoms. The number of carboxylic acid groups (broad SMARTS) is 2. The molecule has 3 atom stereocenters. The third-order valence-electron chi connectivity index (χ3n) is 9.68. The Bertz CT molecular complexity index is 2240. The van der Waals surface area contributed by atoms with Gasteiger partial charge < -0.3 is 35.2 Å². The number of hydrogen-bond donors (Lipinski definition) is 6. The van der Waals surface area contributed by atoms with Crippen LogP contribution >= 0.6 is 11.8 Å². The first kappa shape index (κ1) is 47.8. The number of aliphatic hydroxyl groups is 2. The highest BCUT2D eigenvalue weighted by molar-refractivity contribution is 7.98. The molecule has 3 aromatic carbocycles. The van der Waals surface area contributed by atoms with Gasteiger partial charge in [0.2, 0.25) is 5.91 Å². The Hall–Kier alpha value is -5.89. The Morgan fingerprint density at radius 1 is 0.836 bits per heavy atom. The second-order valence-corrected chi connectivity index (χ2v) is 14.7. The zero-order valence-electron chi connectivity index (χ0n) is 33.4. The summed E-state index contributed by atoms with van der Waals surface area (Å²) in [5.41, 5.74) is 3.56. The van der Waals surface area contributed by atoms with Crippen molar-refractivity contribution in [1.82, 2.24) is 30.0 Å². The molecular formula is C42H46F4N6O8S. The van der Waals surface area contributed by atoms with E-state index in [1.807, 2.05) is 31.2 Å². The third-order valence-corrected chi connectivity index (χ3v) is 10.6. The minimum absolute atomic E-state index is 0.118. The molecule has 5 rings (SSSR count). The zero-order chi connectivity index (χ0) is 44.9. The number of rotatable bonds is 18. The maximum atomic E-state index is 14.2. The predicted octanol–water partition coefficient (Wildman–Crippen LogP) is 5.55. The van der Waals surface area contributed by atoms with Crippen molar-refractivity contribution >= 4 is 29.6 Å². The highest BCUT2D eigenvalue weighted by atomic mass is 32.2. The summed E-state index contributed by atoms with van der Waals surface area (Å²) >= 11 is 1.29. The smallest absolute Gasteiger partial charge is 0.416 e. The largest absolute Gasteiger partial charge is 0.479 e. The van der Waals surface area contributed by atoms with Crippen molar-refractivity contribution in [2.45, 2.75) is 68.9 Å². The summed E-state index contributed by atoms with van der Waals surface area (Å²) < 4.78 is 52.6. The van der Waals surface area contributed by atoms with Gasteiger partial charge in [-0.15, -0.1) is 0 Å². The van der Waals surface area contributed by atoms with Gasteiger partial charge in [-0.05, 0) is 65.2 Å². The molecule has 2 heterocycles. The van der Waals surface area contributed by atoms with Gasteiger partial charge in [-0.1, -0.05) is 81.1 Å². The predicted molar refractivity (Wildman–Crippen MR) is 218 cm³/mol.